The van der Waals surface area contributed by atoms with Gasteiger partial charge in [0.2, 0.25) is 0 Å². The average molecular weight is 481 g/mol. The van der Waals surface area contributed by atoms with Crippen molar-refractivity contribution < 1.29 is 8.78 Å². The Labute approximate surface area is 208 Å². The van der Waals surface area contributed by atoms with E-state index in [1.807, 2.05) is 24.3 Å². The molecule has 4 rings (SSSR count). The van der Waals surface area contributed by atoms with E-state index < -0.39 is 11.6 Å². The van der Waals surface area contributed by atoms with Crippen LogP contribution in [0.2, 0.25) is 5.02 Å². The molecular formula is C31H35ClF2. The van der Waals surface area contributed by atoms with E-state index in [2.05, 4.69) is 31.2 Å². The largest absolute Gasteiger partial charge is 0.207 e. The van der Waals surface area contributed by atoms with Crippen molar-refractivity contribution >= 4 is 11.6 Å². The highest BCUT2D eigenvalue weighted by atomic mass is 35.5. The molecule has 0 spiro atoms. The molecule has 0 unspecified atom stereocenters. The topological polar surface area (TPSA) is 0 Å². The monoisotopic (exact) mass is 480 g/mol. The first kappa shape index (κ1) is 24.9. The van der Waals surface area contributed by atoms with E-state index in [-0.39, 0.29) is 5.56 Å². The van der Waals surface area contributed by atoms with Crippen molar-refractivity contribution in [3.8, 4) is 0 Å². The molecular weight excluding hydrogens is 446 g/mol. The third kappa shape index (κ3) is 6.69. The molecule has 34 heavy (non-hydrogen) atoms. The van der Waals surface area contributed by atoms with Crippen LogP contribution in [0.3, 0.4) is 0 Å². The van der Waals surface area contributed by atoms with Crippen LogP contribution >= 0.6 is 11.6 Å². The molecule has 0 bridgehead atoms. The van der Waals surface area contributed by atoms with E-state index in [0.29, 0.717) is 29.7 Å². The molecule has 3 aromatic rings. The highest BCUT2D eigenvalue weighted by Crippen LogP contribution is 2.37. The van der Waals surface area contributed by atoms with Gasteiger partial charge in [0.25, 0.3) is 0 Å². The Morgan fingerprint density at radius 2 is 1.29 bits per heavy atom. The molecule has 0 atom stereocenters. The Balaban J connectivity index is 1.26. The van der Waals surface area contributed by atoms with Crippen LogP contribution in [-0.2, 0) is 25.7 Å². The summed E-state index contributed by atoms with van der Waals surface area (Å²) in [6.45, 7) is 2.22. The number of rotatable bonds is 9. The molecule has 0 amide bonds. The summed E-state index contributed by atoms with van der Waals surface area (Å²) in [7, 11) is 0. The quantitative estimate of drug-likeness (QED) is 0.286. The van der Waals surface area contributed by atoms with E-state index in [1.54, 1.807) is 12.1 Å². The van der Waals surface area contributed by atoms with Crippen LogP contribution < -0.4 is 0 Å². The SMILES string of the molecule is CCCc1ccc(C2CCC(CCc3cc(F)c(CCc4ccc(Cl)cc4)c(F)c3)CC2)cc1. The van der Waals surface area contributed by atoms with Gasteiger partial charge >= 0.3 is 0 Å². The van der Waals surface area contributed by atoms with Crippen molar-refractivity contribution in [2.45, 2.75) is 77.0 Å². The standard InChI is InChI=1S/C31H35ClF2/c1-2-3-22-6-13-26(14-7-22)27-15-8-23(9-16-27)4-5-25-20-30(33)29(31(34)21-25)19-12-24-10-17-28(32)18-11-24/h6-7,10-11,13-14,17-18,20-21,23,27H,2-5,8-9,12,15-16,19H2,1H3. The van der Waals surface area contributed by atoms with Crippen molar-refractivity contribution in [1.29, 1.82) is 0 Å². The van der Waals surface area contributed by atoms with E-state index in [4.69, 9.17) is 11.6 Å². The van der Waals surface area contributed by atoms with Crippen LogP contribution in [0.15, 0.2) is 60.7 Å². The minimum absolute atomic E-state index is 0.184. The third-order valence-electron chi connectivity index (χ3n) is 7.46. The predicted molar refractivity (Wildman–Crippen MR) is 139 cm³/mol. The lowest BCUT2D eigenvalue weighted by Crippen LogP contribution is -2.14. The van der Waals surface area contributed by atoms with Gasteiger partial charge in [-0.1, -0.05) is 61.3 Å². The molecule has 180 valence electrons. The molecule has 1 aliphatic carbocycles. The Morgan fingerprint density at radius 1 is 0.706 bits per heavy atom. The Bertz CT molecular complexity index is 1020. The molecule has 1 fully saturated rings. The number of hydrogen-bond donors (Lipinski definition) is 0. The molecule has 0 aromatic heterocycles. The Hall–Kier alpha value is -2.19. The van der Waals surface area contributed by atoms with Gasteiger partial charge in [-0.05, 0) is 116 Å². The van der Waals surface area contributed by atoms with Crippen LogP contribution in [0.5, 0.6) is 0 Å². The normalized spacial score (nSPS) is 18.2. The summed E-state index contributed by atoms with van der Waals surface area (Å²) in [6.07, 6.45) is 9.85. The van der Waals surface area contributed by atoms with Crippen LogP contribution in [0.4, 0.5) is 8.78 Å². The van der Waals surface area contributed by atoms with Gasteiger partial charge in [-0.3, -0.25) is 0 Å². The Kier molecular flexibility index (Phi) is 8.78. The second-order valence-electron chi connectivity index (χ2n) is 9.91. The van der Waals surface area contributed by atoms with E-state index in [1.165, 1.54) is 43.2 Å². The van der Waals surface area contributed by atoms with Gasteiger partial charge in [-0.2, -0.15) is 0 Å². The fraction of sp³-hybridized carbons (Fsp3) is 0.419. The summed E-state index contributed by atoms with van der Waals surface area (Å²) in [6, 6.07) is 19.7. The van der Waals surface area contributed by atoms with Gasteiger partial charge in [0.1, 0.15) is 11.6 Å². The van der Waals surface area contributed by atoms with Gasteiger partial charge in [-0.15, -0.1) is 0 Å². The molecule has 1 aliphatic rings. The van der Waals surface area contributed by atoms with Crippen LogP contribution in [-0.4, -0.2) is 0 Å². The maximum atomic E-state index is 14.7. The zero-order chi connectivity index (χ0) is 23.9. The number of benzene rings is 3. The van der Waals surface area contributed by atoms with Gasteiger partial charge in [0, 0.05) is 10.6 Å². The second kappa shape index (κ2) is 12.0. The molecule has 0 nitrogen and oxygen atoms in total. The zero-order valence-electron chi connectivity index (χ0n) is 20.1. The minimum atomic E-state index is -0.417. The first-order chi connectivity index (χ1) is 16.5. The van der Waals surface area contributed by atoms with E-state index >= 15 is 0 Å². The maximum absolute atomic E-state index is 14.7. The summed E-state index contributed by atoms with van der Waals surface area (Å²) >= 11 is 5.91. The molecule has 0 N–H and O–H groups in total. The Morgan fingerprint density at radius 3 is 1.91 bits per heavy atom. The first-order valence-corrected chi connectivity index (χ1v) is 13.2. The first-order valence-electron chi connectivity index (χ1n) is 12.8. The van der Waals surface area contributed by atoms with Gasteiger partial charge in [0.15, 0.2) is 0 Å². The lowest BCUT2D eigenvalue weighted by Gasteiger charge is -2.29. The highest BCUT2D eigenvalue weighted by molar-refractivity contribution is 6.30. The van der Waals surface area contributed by atoms with E-state index in [0.717, 1.165) is 30.4 Å². The van der Waals surface area contributed by atoms with Gasteiger partial charge in [0.05, 0.1) is 0 Å². The lowest BCUT2D eigenvalue weighted by molar-refractivity contribution is 0.310. The molecule has 3 heteroatoms. The van der Waals surface area contributed by atoms with Gasteiger partial charge in [-0.25, -0.2) is 8.78 Å². The van der Waals surface area contributed by atoms with Crippen molar-refractivity contribution in [2.24, 2.45) is 5.92 Å². The molecule has 0 aliphatic heterocycles. The highest BCUT2D eigenvalue weighted by Gasteiger charge is 2.22. The molecule has 3 aromatic carbocycles. The molecule has 1 saturated carbocycles. The van der Waals surface area contributed by atoms with Crippen LogP contribution in [0.1, 0.15) is 79.2 Å². The lowest BCUT2D eigenvalue weighted by atomic mass is 9.76. The molecule has 0 heterocycles. The van der Waals surface area contributed by atoms with Crippen LogP contribution in [0, 0.1) is 17.6 Å². The molecule has 0 radical (unpaired) electrons. The van der Waals surface area contributed by atoms with Crippen molar-refractivity contribution in [3.63, 3.8) is 0 Å². The van der Waals surface area contributed by atoms with E-state index in [9.17, 15) is 8.78 Å². The number of halogens is 3. The van der Waals surface area contributed by atoms with Crippen molar-refractivity contribution in [2.75, 3.05) is 0 Å². The fourth-order valence-electron chi connectivity index (χ4n) is 5.36. The van der Waals surface area contributed by atoms with Crippen molar-refractivity contribution in [1.82, 2.24) is 0 Å². The predicted octanol–water partition coefficient (Wildman–Crippen LogP) is 9.26. The summed E-state index contributed by atoms with van der Waals surface area (Å²) < 4.78 is 29.4. The summed E-state index contributed by atoms with van der Waals surface area (Å²) in [5.74, 6) is 0.464. The second-order valence-corrected chi connectivity index (χ2v) is 10.3. The van der Waals surface area contributed by atoms with Crippen LogP contribution in [0.25, 0.3) is 0 Å². The summed E-state index contributed by atoms with van der Waals surface area (Å²) in [5.41, 5.74) is 4.88. The zero-order valence-corrected chi connectivity index (χ0v) is 20.9. The van der Waals surface area contributed by atoms with Gasteiger partial charge < -0.3 is 0 Å². The third-order valence-corrected chi connectivity index (χ3v) is 7.71. The number of aryl methyl sites for hydroxylation is 3. The average Bonchev–Trinajstić information content (AvgIpc) is 2.84. The molecule has 0 saturated heterocycles. The summed E-state index contributed by atoms with van der Waals surface area (Å²) in [4.78, 5) is 0. The number of hydrogen-bond acceptors (Lipinski definition) is 0. The minimum Gasteiger partial charge on any atom is -0.207 e. The van der Waals surface area contributed by atoms with Crippen molar-refractivity contribution in [3.05, 3.63) is 105 Å². The maximum Gasteiger partial charge on any atom is 0.129 e. The summed E-state index contributed by atoms with van der Waals surface area (Å²) in [5, 5.41) is 0.667. The fourth-order valence-corrected chi connectivity index (χ4v) is 5.49. The smallest absolute Gasteiger partial charge is 0.129 e.